The number of hydrogen-bond donors (Lipinski definition) is 3. The molecule has 2 rings (SSSR count). The van der Waals surface area contributed by atoms with Crippen LogP contribution in [0.25, 0.3) is 0 Å². The lowest BCUT2D eigenvalue weighted by Gasteiger charge is -2.39. The van der Waals surface area contributed by atoms with Crippen LogP contribution in [0.2, 0.25) is 16.4 Å². The normalized spacial score (nSPS) is 21.0. The highest BCUT2D eigenvalue weighted by Gasteiger charge is 2.32. The molecule has 1 saturated carbocycles. The second-order valence-corrected chi connectivity index (χ2v) is 8.35. The molecule has 3 nitrogen and oxygen atoms in total. The van der Waals surface area contributed by atoms with Gasteiger partial charge in [-0.05, 0) is 68.0 Å². The number of hydrogen-bond acceptors (Lipinski definition) is 3. The van der Waals surface area contributed by atoms with Gasteiger partial charge < -0.3 is 15.8 Å². The molecule has 1 fully saturated rings. The van der Waals surface area contributed by atoms with E-state index in [1.54, 1.807) is 0 Å². The first-order valence-electron chi connectivity index (χ1n) is 9.51. The fraction of sp³-hybridized carbons (Fsp3) is 0.684. The molecule has 1 aliphatic rings. The third-order valence-electron chi connectivity index (χ3n) is 5.45. The molecule has 1 atom stereocenters. The molecule has 0 heterocycles. The Morgan fingerprint density at radius 1 is 1.12 bits per heavy atom. The summed E-state index contributed by atoms with van der Waals surface area (Å²) in [6.07, 6.45) is 10.5. The first-order chi connectivity index (χ1) is 12.0. The minimum absolute atomic E-state index is 0.278. The van der Waals surface area contributed by atoms with Gasteiger partial charge in [0.2, 0.25) is 0 Å². The number of rotatable bonds is 11. The van der Waals surface area contributed by atoms with Gasteiger partial charge in [-0.2, -0.15) is 0 Å². The number of nitrogens with two attached hydrogens (primary N) is 1. The number of aryl methyl sites for hydroxylation is 1. The Bertz CT molecular complexity index is 524. The first-order valence-corrected chi connectivity index (χ1v) is 10.3. The van der Waals surface area contributed by atoms with Crippen molar-refractivity contribution in [3.8, 4) is 0 Å². The maximum atomic E-state index is 8.83. The average molecular weight is 386 g/mol. The highest BCUT2D eigenvalue weighted by molar-refractivity contribution is 6.40. The van der Waals surface area contributed by atoms with Crippen molar-refractivity contribution in [3.05, 3.63) is 33.8 Å². The van der Waals surface area contributed by atoms with E-state index in [2.05, 4.69) is 0 Å². The lowest BCUT2D eigenvalue weighted by Crippen LogP contribution is -2.39. The van der Waals surface area contributed by atoms with Crippen molar-refractivity contribution in [3.63, 3.8) is 0 Å². The molecule has 0 saturated heterocycles. The molecule has 4 N–H and O–H groups in total. The van der Waals surface area contributed by atoms with Crippen molar-refractivity contribution in [2.75, 3.05) is 0 Å². The summed E-state index contributed by atoms with van der Waals surface area (Å²) in [5.41, 5.74) is 7.45. The molecular formula is C19H30BCl2NO2. The molecule has 25 heavy (non-hydrogen) atoms. The zero-order valence-corrected chi connectivity index (χ0v) is 16.4. The molecule has 0 bridgehead atoms. The third kappa shape index (κ3) is 7.48. The van der Waals surface area contributed by atoms with E-state index in [-0.39, 0.29) is 6.04 Å². The quantitative estimate of drug-likeness (QED) is 0.382. The van der Waals surface area contributed by atoms with E-state index in [1.807, 2.05) is 18.2 Å². The summed E-state index contributed by atoms with van der Waals surface area (Å²) >= 11 is 12.1. The van der Waals surface area contributed by atoms with Gasteiger partial charge in [0.25, 0.3) is 0 Å². The maximum absolute atomic E-state index is 8.83. The van der Waals surface area contributed by atoms with Gasteiger partial charge in [-0.25, -0.2) is 0 Å². The Morgan fingerprint density at radius 2 is 1.88 bits per heavy atom. The van der Waals surface area contributed by atoms with Gasteiger partial charge in [0.1, 0.15) is 0 Å². The zero-order valence-electron chi connectivity index (χ0n) is 14.8. The van der Waals surface area contributed by atoms with Crippen LogP contribution in [0.3, 0.4) is 0 Å². The molecule has 6 heteroatoms. The smallest absolute Gasteiger partial charge is 0.427 e. The fourth-order valence-electron chi connectivity index (χ4n) is 3.79. The molecular weight excluding hydrogens is 356 g/mol. The molecule has 0 spiro atoms. The van der Waals surface area contributed by atoms with Crippen LogP contribution in [0, 0.1) is 11.8 Å². The molecule has 0 radical (unpaired) electrons. The van der Waals surface area contributed by atoms with Crippen LogP contribution in [0.5, 0.6) is 0 Å². The van der Waals surface area contributed by atoms with Crippen LogP contribution in [-0.2, 0) is 6.42 Å². The van der Waals surface area contributed by atoms with Crippen LogP contribution in [0.4, 0.5) is 0 Å². The minimum Gasteiger partial charge on any atom is -0.427 e. The Balaban J connectivity index is 1.52. The highest BCUT2D eigenvalue weighted by atomic mass is 35.5. The van der Waals surface area contributed by atoms with Crippen molar-refractivity contribution in [1.82, 2.24) is 0 Å². The summed E-state index contributed by atoms with van der Waals surface area (Å²) in [5.74, 6) is 1.49. The molecule has 1 aromatic carbocycles. The molecule has 0 aromatic heterocycles. The Labute approximate surface area is 162 Å². The molecule has 1 aromatic rings. The van der Waals surface area contributed by atoms with E-state index in [4.69, 9.17) is 39.0 Å². The summed E-state index contributed by atoms with van der Waals surface area (Å²) < 4.78 is 0. The van der Waals surface area contributed by atoms with Crippen molar-refractivity contribution in [2.24, 2.45) is 17.6 Å². The molecule has 140 valence electrons. The van der Waals surface area contributed by atoms with Crippen molar-refractivity contribution in [1.29, 1.82) is 0 Å². The van der Waals surface area contributed by atoms with Crippen LogP contribution in [0.15, 0.2) is 18.2 Å². The summed E-state index contributed by atoms with van der Waals surface area (Å²) in [5, 5.41) is 19.1. The molecule has 1 aliphatic carbocycles. The standard InChI is InChI=1S/C19H30BCl2NO2/c21-17-9-8-15(18(22)13-17)6-2-1-5-14-11-16(12-14)19(23)7-3-4-10-20(24)25/h8-9,13-14,16,19,24-25H,1-7,10-12,23H2. The predicted octanol–water partition coefficient (Wildman–Crippen LogP) is 4.70. The van der Waals surface area contributed by atoms with Gasteiger partial charge in [0.05, 0.1) is 0 Å². The summed E-state index contributed by atoms with van der Waals surface area (Å²) in [6.45, 7) is 0. The van der Waals surface area contributed by atoms with E-state index < -0.39 is 7.12 Å². The SMILES string of the molecule is NC(CCCCB(O)O)C1CC(CCCCc2ccc(Cl)cc2Cl)C1. The largest absolute Gasteiger partial charge is 0.451 e. The van der Waals surface area contributed by atoms with E-state index in [0.29, 0.717) is 17.3 Å². The van der Waals surface area contributed by atoms with Gasteiger partial charge in [-0.3, -0.25) is 0 Å². The lowest BCUT2D eigenvalue weighted by atomic mass is 9.68. The van der Waals surface area contributed by atoms with E-state index in [1.165, 1.54) is 31.2 Å². The Hall–Kier alpha value is -0.255. The van der Waals surface area contributed by atoms with Gasteiger partial charge in [0.15, 0.2) is 0 Å². The second-order valence-electron chi connectivity index (χ2n) is 7.51. The average Bonchev–Trinajstić information content (AvgIpc) is 2.51. The van der Waals surface area contributed by atoms with Gasteiger partial charge in [-0.1, -0.05) is 55.0 Å². The van der Waals surface area contributed by atoms with E-state index in [9.17, 15) is 0 Å². The third-order valence-corrected chi connectivity index (χ3v) is 6.04. The fourth-order valence-corrected chi connectivity index (χ4v) is 4.29. The highest BCUT2D eigenvalue weighted by Crippen LogP contribution is 2.40. The monoisotopic (exact) mass is 385 g/mol. The molecule has 0 aliphatic heterocycles. The summed E-state index contributed by atoms with van der Waals surface area (Å²) in [6, 6.07) is 6.03. The topological polar surface area (TPSA) is 66.5 Å². The number of benzene rings is 1. The van der Waals surface area contributed by atoms with E-state index in [0.717, 1.165) is 43.0 Å². The van der Waals surface area contributed by atoms with Crippen LogP contribution in [0.1, 0.15) is 56.9 Å². The van der Waals surface area contributed by atoms with Gasteiger partial charge in [-0.15, -0.1) is 0 Å². The molecule has 0 amide bonds. The van der Waals surface area contributed by atoms with Crippen molar-refractivity contribution in [2.45, 2.75) is 70.1 Å². The predicted molar refractivity (Wildman–Crippen MR) is 107 cm³/mol. The Morgan fingerprint density at radius 3 is 2.56 bits per heavy atom. The summed E-state index contributed by atoms with van der Waals surface area (Å²) in [7, 11) is -1.17. The van der Waals surface area contributed by atoms with Crippen molar-refractivity contribution < 1.29 is 10.0 Å². The lowest BCUT2D eigenvalue weighted by molar-refractivity contribution is 0.144. The molecule has 1 unspecified atom stereocenters. The van der Waals surface area contributed by atoms with Crippen LogP contribution >= 0.6 is 23.2 Å². The van der Waals surface area contributed by atoms with Crippen LogP contribution in [-0.4, -0.2) is 23.2 Å². The van der Waals surface area contributed by atoms with Crippen molar-refractivity contribution >= 4 is 30.3 Å². The Kier molecular flexibility index (Phi) is 9.08. The number of unbranched alkanes of at least 4 members (excludes halogenated alkanes) is 2. The first kappa shape index (κ1) is 21.0. The second kappa shape index (κ2) is 10.8. The van der Waals surface area contributed by atoms with E-state index >= 15 is 0 Å². The maximum Gasteiger partial charge on any atom is 0.451 e. The van der Waals surface area contributed by atoms with Gasteiger partial charge in [0, 0.05) is 16.1 Å². The number of halogens is 2. The van der Waals surface area contributed by atoms with Gasteiger partial charge >= 0.3 is 7.12 Å². The zero-order chi connectivity index (χ0) is 18.2. The van der Waals surface area contributed by atoms with Crippen LogP contribution < -0.4 is 5.73 Å². The minimum atomic E-state index is -1.17. The summed E-state index contributed by atoms with van der Waals surface area (Å²) in [4.78, 5) is 0.